The first-order valence-electron chi connectivity index (χ1n) is 4.88. The van der Waals surface area contributed by atoms with E-state index in [1.165, 1.54) is 6.20 Å². The van der Waals surface area contributed by atoms with Gasteiger partial charge in [0.1, 0.15) is 5.69 Å². The Bertz CT molecular complexity index is 378. The molecule has 1 atom stereocenters. The van der Waals surface area contributed by atoms with Crippen LogP contribution in [0.2, 0.25) is 0 Å². The zero-order valence-corrected chi connectivity index (χ0v) is 8.92. The van der Waals surface area contributed by atoms with E-state index in [4.69, 9.17) is 10.9 Å². The Kier molecular flexibility index (Phi) is 4.26. The Morgan fingerprint density at radius 3 is 2.94 bits per heavy atom. The third-order valence-electron chi connectivity index (χ3n) is 2.08. The number of carbonyl (C=O) groups excluding carboxylic acids is 1. The first-order chi connectivity index (χ1) is 7.69. The van der Waals surface area contributed by atoms with Gasteiger partial charge in [-0.25, -0.2) is 0 Å². The van der Waals surface area contributed by atoms with E-state index in [-0.39, 0.29) is 11.7 Å². The van der Waals surface area contributed by atoms with E-state index in [1.807, 2.05) is 6.92 Å². The van der Waals surface area contributed by atoms with Gasteiger partial charge < -0.3 is 16.3 Å². The number of hydrogen-bond donors (Lipinski definition) is 3. The predicted molar refractivity (Wildman–Crippen MR) is 59.2 cm³/mol. The van der Waals surface area contributed by atoms with Crippen LogP contribution in [0.5, 0.6) is 0 Å². The minimum absolute atomic E-state index is 0.0215. The van der Waals surface area contributed by atoms with Crippen LogP contribution in [-0.2, 0) is 0 Å². The van der Waals surface area contributed by atoms with Crippen LogP contribution in [0.3, 0.4) is 0 Å². The van der Waals surface area contributed by atoms with Gasteiger partial charge >= 0.3 is 0 Å². The van der Waals surface area contributed by atoms with Crippen molar-refractivity contribution in [3.05, 3.63) is 30.1 Å². The summed E-state index contributed by atoms with van der Waals surface area (Å²) in [6, 6.07) is 4.54. The SMILES string of the molecule is CCC(NC(=O)c1ccccn1)/C(N)=N/O. The predicted octanol–water partition coefficient (Wildman–Crippen LogP) is 0.336. The minimum Gasteiger partial charge on any atom is -0.409 e. The van der Waals surface area contributed by atoms with Crippen LogP contribution < -0.4 is 11.1 Å². The topological polar surface area (TPSA) is 101 Å². The van der Waals surface area contributed by atoms with Gasteiger partial charge in [-0.05, 0) is 18.6 Å². The van der Waals surface area contributed by atoms with Crippen molar-refractivity contribution in [1.29, 1.82) is 0 Å². The second-order valence-corrected chi connectivity index (χ2v) is 3.17. The van der Waals surface area contributed by atoms with E-state index in [2.05, 4.69) is 15.5 Å². The van der Waals surface area contributed by atoms with E-state index in [0.29, 0.717) is 12.1 Å². The lowest BCUT2D eigenvalue weighted by atomic mass is 10.2. The van der Waals surface area contributed by atoms with E-state index in [0.717, 1.165) is 0 Å². The van der Waals surface area contributed by atoms with Crippen LogP contribution >= 0.6 is 0 Å². The molecule has 0 saturated heterocycles. The highest BCUT2D eigenvalue weighted by Crippen LogP contribution is 1.97. The number of nitrogens with two attached hydrogens (primary N) is 1. The zero-order valence-electron chi connectivity index (χ0n) is 8.92. The van der Waals surface area contributed by atoms with Crippen LogP contribution in [0, 0.1) is 0 Å². The molecule has 6 nitrogen and oxygen atoms in total. The molecule has 16 heavy (non-hydrogen) atoms. The van der Waals surface area contributed by atoms with Gasteiger partial charge in [-0.15, -0.1) is 0 Å². The molecule has 0 radical (unpaired) electrons. The molecular weight excluding hydrogens is 208 g/mol. The maximum atomic E-state index is 11.7. The third-order valence-corrected chi connectivity index (χ3v) is 2.08. The summed E-state index contributed by atoms with van der Waals surface area (Å²) in [7, 11) is 0. The number of nitrogens with zero attached hydrogens (tertiary/aromatic N) is 2. The molecule has 0 aliphatic carbocycles. The quantitative estimate of drug-likeness (QED) is 0.296. The molecule has 0 aliphatic rings. The average molecular weight is 222 g/mol. The first-order valence-corrected chi connectivity index (χ1v) is 4.88. The molecule has 1 amide bonds. The summed E-state index contributed by atoms with van der Waals surface area (Å²) in [5.41, 5.74) is 5.72. The number of carbonyl (C=O) groups is 1. The van der Waals surface area contributed by atoms with E-state index < -0.39 is 6.04 Å². The Hall–Kier alpha value is -2.11. The van der Waals surface area contributed by atoms with Crippen molar-refractivity contribution in [1.82, 2.24) is 10.3 Å². The fourth-order valence-electron chi connectivity index (χ4n) is 1.18. The van der Waals surface area contributed by atoms with Gasteiger partial charge in [0, 0.05) is 6.20 Å². The molecule has 6 heteroatoms. The number of amidine groups is 1. The fourth-order valence-corrected chi connectivity index (χ4v) is 1.18. The maximum absolute atomic E-state index is 11.7. The van der Waals surface area contributed by atoms with Gasteiger partial charge in [-0.1, -0.05) is 18.1 Å². The third kappa shape index (κ3) is 2.94. The highest BCUT2D eigenvalue weighted by molar-refractivity contribution is 5.96. The Balaban J connectivity index is 2.70. The molecule has 0 fully saturated rings. The number of amides is 1. The van der Waals surface area contributed by atoms with Crippen LogP contribution in [0.4, 0.5) is 0 Å². The number of aromatic nitrogens is 1. The zero-order chi connectivity index (χ0) is 12.0. The van der Waals surface area contributed by atoms with Gasteiger partial charge in [0.2, 0.25) is 0 Å². The molecule has 1 rings (SSSR count). The molecular formula is C10H14N4O2. The second-order valence-electron chi connectivity index (χ2n) is 3.17. The number of pyridine rings is 1. The van der Waals surface area contributed by atoms with Crippen molar-refractivity contribution < 1.29 is 10.0 Å². The van der Waals surface area contributed by atoms with Gasteiger partial charge in [-0.2, -0.15) is 0 Å². The molecule has 1 aromatic rings. The Labute approximate surface area is 93.2 Å². The molecule has 0 spiro atoms. The number of hydrogen-bond acceptors (Lipinski definition) is 4. The van der Waals surface area contributed by atoms with Crippen LogP contribution in [0.15, 0.2) is 29.6 Å². The summed E-state index contributed by atoms with van der Waals surface area (Å²) in [5.74, 6) is -0.370. The molecule has 1 unspecified atom stereocenters. The smallest absolute Gasteiger partial charge is 0.270 e. The van der Waals surface area contributed by atoms with E-state index in [9.17, 15) is 4.79 Å². The van der Waals surface area contributed by atoms with Crippen LogP contribution in [-0.4, -0.2) is 28.0 Å². The van der Waals surface area contributed by atoms with Gasteiger partial charge in [-0.3, -0.25) is 9.78 Å². The van der Waals surface area contributed by atoms with Gasteiger partial charge in [0.15, 0.2) is 5.84 Å². The molecule has 1 heterocycles. The van der Waals surface area contributed by atoms with Crippen LogP contribution in [0.25, 0.3) is 0 Å². The first kappa shape index (κ1) is 12.0. The lowest BCUT2D eigenvalue weighted by Gasteiger charge is -2.14. The standard InChI is InChI=1S/C10H14N4O2/c1-2-7(9(11)14-16)13-10(15)8-5-3-4-6-12-8/h3-7,16H,2H2,1H3,(H2,11,14)(H,13,15). The van der Waals surface area contributed by atoms with Crippen molar-refractivity contribution in [2.24, 2.45) is 10.9 Å². The summed E-state index contributed by atoms with van der Waals surface area (Å²) < 4.78 is 0. The summed E-state index contributed by atoms with van der Waals surface area (Å²) >= 11 is 0. The fraction of sp³-hybridized carbons (Fsp3) is 0.300. The highest BCUT2D eigenvalue weighted by atomic mass is 16.4. The average Bonchev–Trinajstić information content (AvgIpc) is 2.35. The lowest BCUT2D eigenvalue weighted by Crippen LogP contribution is -2.44. The number of nitrogens with one attached hydrogen (secondary N) is 1. The van der Waals surface area contributed by atoms with Gasteiger partial charge in [0.05, 0.1) is 6.04 Å². The Morgan fingerprint density at radius 2 is 2.44 bits per heavy atom. The van der Waals surface area contributed by atoms with Crippen molar-refractivity contribution >= 4 is 11.7 Å². The van der Waals surface area contributed by atoms with Gasteiger partial charge in [0.25, 0.3) is 5.91 Å². The molecule has 86 valence electrons. The van der Waals surface area contributed by atoms with Crippen molar-refractivity contribution in [3.8, 4) is 0 Å². The maximum Gasteiger partial charge on any atom is 0.270 e. The molecule has 0 aromatic carbocycles. The van der Waals surface area contributed by atoms with Crippen LogP contribution in [0.1, 0.15) is 23.8 Å². The van der Waals surface area contributed by atoms with Crippen molar-refractivity contribution in [2.45, 2.75) is 19.4 Å². The molecule has 1 aromatic heterocycles. The molecule has 0 bridgehead atoms. The summed E-state index contributed by atoms with van der Waals surface area (Å²) in [5, 5.41) is 14.0. The molecule has 4 N–H and O–H groups in total. The number of rotatable bonds is 4. The summed E-state index contributed by atoms with van der Waals surface area (Å²) in [6.45, 7) is 1.82. The minimum atomic E-state index is -0.487. The van der Waals surface area contributed by atoms with Crippen molar-refractivity contribution in [2.75, 3.05) is 0 Å². The van der Waals surface area contributed by atoms with Crippen molar-refractivity contribution in [3.63, 3.8) is 0 Å². The largest absolute Gasteiger partial charge is 0.409 e. The summed E-state index contributed by atoms with van der Waals surface area (Å²) in [6.07, 6.45) is 2.06. The lowest BCUT2D eigenvalue weighted by molar-refractivity contribution is 0.0940. The highest BCUT2D eigenvalue weighted by Gasteiger charge is 2.16. The molecule has 0 saturated carbocycles. The molecule has 0 aliphatic heterocycles. The monoisotopic (exact) mass is 222 g/mol. The Morgan fingerprint density at radius 1 is 1.69 bits per heavy atom. The number of oxime groups is 1. The normalized spacial score (nSPS) is 13.2. The van der Waals surface area contributed by atoms with E-state index >= 15 is 0 Å². The summed E-state index contributed by atoms with van der Waals surface area (Å²) in [4.78, 5) is 15.6. The second kappa shape index (κ2) is 5.69. The van der Waals surface area contributed by atoms with E-state index in [1.54, 1.807) is 18.2 Å².